The third-order valence-electron chi connectivity index (χ3n) is 5.71. The Bertz CT molecular complexity index is 1080. The molecule has 2 aromatic rings. The lowest BCUT2D eigenvalue weighted by atomic mass is 10.1. The molecule has 2 N–H and O–H groups in total. The average Bonchev–Trinajstić information content (AvgIpc) is 3.37. The van der Waals surface area contributed by atoms with Crippen molar-refractivity contribution in [2.45, 2.75) is 43.0 Å². The number of carbonyl (C=O) groups excluding carboxylic acids is 2. The van der Waals surface area contributed by atoms with Gasteiger partial charge >= 0.3 is 0 Å². The lowest BCUT2D eigenvalue weighted by Crippen LogP contribution is -2.46. The van der Waals surface area contributed by atoms with E-state index in [1.54, 1.807) is 12.1 Å². The van der Waals surface area contributed by atoms with Gasteiger partial charge < -0.3 is 10.6 Å². The third-order valence-corrected chi connectivity index (χ3v) is 8.85. The fourth-order valence-corrected chi connectivity index (χ4v) is 6.61. The number of hydrogen-bond acceptors (Lipinski definition) is 5. The number of fused-ring (bicyclic) bond motifs is 1. The van der Waals surface area contributed by atoms with Crippen molar-refractivity contribution in [1.82, 2.24) is 9.62 Å². The number of anilines is 1. The van der Waals surface area contributed by atoms with E-state index in [0.29, 0.717) is 36.5 Å². The highest BCUT2D eigenvalue weighted by Gasteiger charge is 2.29. The van der Waals surface area contributed by atoms with Crippen LogP contribution in [0.4, 0.5) is 5.69 Å². The van der Waals surface area contributed by atoms with E-state index in [1.165, 1.54) is 44.3 Å². The molecule has 0 bridgehead atoms. The van der Waals surface area contributed by atoms with Gasteiger partial charge in [0.2, 0.25) is 15.9 Å². The normalized spacial score (nSPS) is 17.2. The minimum absolute atomic E-state index is 0.0480. The molecule has 0 atom stereocenters. The second-order valence-corrected chi connectivity index (χ2v) is 10.9. The summed E-state index contributed by atoms with van der Waals surface area (Å²) in [6.07, 6.45) is 5.55. The number of aryl methyl sites for hydroxylation is 2. The second-order valence-electron chi connectivity index (χ2n) is 7.78. The summed E-state index contributed by atoms with van der Waals surface area (Å²) in [4.78, 5) is 26.1. The highest BCUT2D eigenvalue weighted by Crippen LogP contribution is 2.31. The summed E-state index contributed by atoms with van der Waals surface area (Å²) in [7, 11) is -3.63. The SMILES string of the molecule is C=CC(=O)NC1CCN(S(=O)(=O)c2ccc(NC(=O)c3cc4c(s3)CCC4)cc2)CC1. The molecule has 31 heavy (non-hydrogen) atoms. The number of carbonyl (C=O) groups is 2. The van der Waals surface area contributed by atoms with E-state index in [1.807, 2.05) is 6.07 Å². The van der Waals surface area contributed by atoms with Gasteiger partial charge in [-0.1, -0.05) is 6.58 Å². The van der Waals surface area contributed by atoms with Crippen molar-refractivity contribution >= 4 is 38.9 Å². The van der Waals surface area contributed by atoms with Gasteiger partial charge in [0.05, 0.1) is 9.77 Å². The third kappa shape index (κ3) is 4.73. The summed E-state index contributed by atoms with van der Waals surface area (Å²) in [5.41, 5.74) is 1.83. The Morgan fingerprint density at radius 3 is 2.48 bits per heavy atom. The van der Waals surface area contributed by atoms with E-state index < -0.39 is 10.0 Å². The molecule has 1 fully saturated rings. The number of nitrogens with zero attached hydrogens (tertiary/aromatic N) is 1. The van der Waals surface area contributed by atoms with Crippen LogP contribution in [0.15, 0.2) is 47.9 Å². The molecule has 2 amide bonds. The lowest BCUT2D eigenvalue weighted by molar-refractivity contribution is -0.117. The first-order chi connectivity index (χ1) is 14.9. The Labute approximate surface area is 186 Å². The van der Waals surface area contributed by atoms with Crippen LogP contribution in [0, 0.1) is 0 Å². The van der Waals surface area contributed by atoms with Crippen molar-refractivity contribution in [2.75, 3.05) is 18.4 Å². The lowest BCUT2D eigenvalue weighted by Gasteiger charge is -2.31. The quantitative estimate of drug-likeness (QED) is 0.650. The van der Waals surface area contributed by atoms with Crippen molar-refractivity contribution in [2.24, 2.45) is 0 Å². The summed E-state index contributed by atoms with van der Waals surface area (Å²) in [6, 6.07) is 8.18. The van der Waals surface area contributed by atoms with Gasteiger partial charge in [0.25, 0.3) is 5.91 Å². The number of sulfonamides is 1. The van der Waals surface area contributed by atoms with E-state index >= 15 is 0 Å². The maximum absolute atomic E-state index is 12.9. The maximum atomic E-state index is 12.9. The zero-order chi connectivity index (χ0) is 22.0. The fraction of sp³-hybridized carbons (Fsp3) is 0.364. The van der Waals surface area contributed by atoms with E-state index in [9.17, 15) is 18.0 Å². The molecule has 0 radical (unpaired) electrons. The summed E-state index contributed by atoms with van der Waals surface area (Å²) in [5.74, 6) is -0.412. The Morgan fingerprint density at radius 1 is 1.13 bits per heavy atom. The number of benzene rings is 1. The molecular weight excluding hydrogens is 434 g/mol. The van der Waals surface area contributed by atoms with Gasteiger partial charge in [-0.15, -0.1) is 11.3 Å². The van der Waals surface area contributed by atoms with E-state index in [0.717, 1.165) is 19.3 Å². The zero-order valence-electron chi connectivity index (χ0n) is 17.1. The molecule has 4 rings (SSSR count). The molecule has 164 valence electrons. The standard InChI is InChI=1S/C22H25N3O4S2/c1-2-21(26)23-17-10-12-25(13-11-17)31(28,29)18-8-6-16(7-9-18)24-22(27)20-14-15-4-3-5-19(15)30-20/h2,6-9,14,17H,1,3-5,10-13H2,(H,23,26)(H,24,27). The smallest absolute Gasteiger partial charge is 0.265 e. The van der Waals surface area contributed by atoms with Crippen molar-refractivity contribution in [3.8, 4) is 0 Å². The molecule has 1 saturated heterocycles. The van der Waals surface area contributed by atoms with Crippen LogP contribution in [0.2, 0.25) is 0 Å². The van der Waals surface area contributed by atoms with Gasteiger partial charge in [-0.05, 0) is 74.1 Å². The van der Waals surface area contributed by atoms with Crippen molar-refractivity contribution < 1.29 is 18.0 Å². The molecule has 1 aromatic heterocycles. The van der Waals surface area contributed by atoms with Crippen LogP contribution in [-0.4, -0.2) is 43.7 Å². The van der Waals surface area contributed by atoms with Crippen molar-refractivity contribution in [3.63, 3.8) is 0 Å². The Morgan fingerprint density at radius 2 is 1.84 bits per heavy atom. The van der Waals surface area contributed by atoms with Crippen LogP contribution in [0.5, 0.6) is 0 Å². The molecule has 1 aromatic carbocycles. The molecule has 1 aliphatic heterocycles. The predicted octanol–water partition coefficient (Wildman–Crippen LogP) is 2.94. The molecule has 7 nitrogen and oxygen atoms in total. The minimum atomic E-state index is -3.63. The molecule has 0 spiro atoms. The summed E-state index contributed by atoms with van der Waals surface area (Å²) >= 11 is 1.53. The van der Waals surface area contributed by atoms with Gasteiger partial charge in [0.15, 0.2) is 0 Å². The monoisotopic (exact) mass is 459 g/mol. The minimum Gasteiger partial charge on any atom is -0.350 e. The number of rotatable bonds is 6. The number of amides is 2. The molecule has 0 unspecified atom stereocenters. The Hall–Kier alpha value is -2.49. The summed E-state index contributed by atoms with van der Waals surface area (Å²) in [6.45, 7) is 4.11. The molecule has 2 aliphatic rings. The first-order valence-electron chi connectivity index (χ1n) is 10.3. The molecular formula is C22H25N3O4S2. The van der Waals surface area contributed by atoms with Crippen molar-refractivity contribution in [1.29, 1.82) is 0 Å². The zero-order valence-corrected chi connectivity index (χ0v) is 18.7. The van der Waals surface area contributed by atoms with Gasteiger partial charge in [-0.3, -0.25) is 9.59 Å². The van der Waals surface area contributed by atoms with E-state index in [-0.39, 0.29) is 22.8 Å². The van der Waals surface area contributed by atoms with Crippen LogP contribution >= 0.6 is 11.3 Å². The Kier molecular flexibility index (Phi) is 6.27. The van der Waals surface area contributed by atoms with Gasteiger partial charge in [0.1, 0.15) is 0 Å². The largest absolute Gasteiger partial charge is 0.350 e. The predicted molar refractivity (Wildman–Crippen MR) is 121 cm³/mol. The maximum Gasteiger partial charge on any atom is 0.265 e. The topological polar surface area (TPSA) is 95.6 Å². The number of thiophene rings is 1. The van der Waals surface area contributed by atoms with Crippen LogP contribution in [0.25, 0.3) is 0 Å². The highest BCUT2D eigenvalue weighted by atomic mass is 32.2. The van der Waals surface area contributed by atoms with Gasteiger partial charge in [-0.25, -0.2) is 8.42 Å². The van der Waals surface area contributed by atoms with Gasteiger partial charge in [-0.2, -0.15) is 4.31 Å². The number of nitrogens with one attached hydrogen (secondary N) is 2. The number of piperidine rings is 1. The first kappa shape index (κ1) is 21.7. The van der Waals surface area contributed by atoms with Crippen LogP contribution in [0.3, 0.4) is 0 Å². The molecule has 0 saturated carbocycles. The van der Waals surface area contributed by atoms with Crippen LogP contribution in [-0.2, 0) is 27.7 Å². The Balaban J connectivity index is 1.37. The first-order valence-corrected chi connectivity index (χ1v) is 12.6. The molecule has 9 heteroatoms. The van der Waals surface area contributed by atoms with E-state index in [4.69, 9.17) is 0 Å². The number of hydrogen-bond donors (Lipinski definition) is 2. The van der Waals surface area contributed by atoms with Crippen LogP contribution in [0.1, 0.15) is 39.4 Å². The van der Waals surface area contributed by atoms with Crippen LogP contribution < -0.4 is 10.6 Å². The highest BCUT2D eigenvalue weighted by molar-refractivity contribution is 7.89. The molecule has 1 aliphatic carbocycles. The van der Waals surface area contributed by atoms with E-state index in [2.05, 4.69) is 17.2 Å². The average molecular weight is 460 g/mol. The molecule has 2 heterocycles. The summed E-state index contributed by atoms with van der Waals surface area (Å²) < 4.78 is 27.3. The van der Waals surface area contributed by atoms with Gasteiger partial charge in [0, 0.05) is 29.7 Å². The second kappa shape index (κ2) is 8.94. The summed E-state index contributed by atoms with van der Waals surface area (Å²) in [5, 5.41) is 5.66. The van der Waals surface area contributed by atoms with Crippen molar-refractivity contribution in [3.05, 3.63) is 58.3 Å². The fourth-order valence-electron chi connectivity index (χ4n) is 3.99.